The van der Waals surface area contributed by atoms with Crippen LogP contribution in [-0.2, 0) is 0 Å². The Labute approximate surface area is 70.7 Å². The van der Waals surface area contributed by atoms with Crippen molar-refractivity contribution in [3.8, 4) is 0 Å². The van der Waals surface area contributed by atoms with Gasteiger partial charge in [0.2, 0.25) is 0 Å². The smallest absolute Gasteiger partial charge is 0.137 e. The van der Waals surface area contributed by atoms with E-state index < -0.39 is 6.10 Å². The summed E-state index contributed by atoms with van der Waals surface area (Å²) in [4.78, 5) is 3.75. The normalized spacial score (nSPS) is 16.3. The van der Waals surface area contributed by atoms with Crippen LogP contribution in [0.3, 0.4) is 0 Å². The third kappa shape index (κ3) is 1.94. The van der Waals surface area contributed by atoms with Crippen molar-refractivity contribution < 1.29 is 5.11 Å². The molecular weight excluding hydrogens is 162 g/mol. The average Bonchev–Trinajstić information content (AvgIpc) is 2.53. The van der Waals surface area contributed by atoms with Gasteiger partial charge in [-0.2, -0.15) is 5.10 Å². The van der Waals surface area contributed by atoms with Gasteiger partial charge < -0.3 is 5.11 Å². The Morgan fingerprint density at radius 1 is 1.73 bits per heavy atom. The largest absolute Gasteiger partial charge is 0.390 e. The zero-order valence-corrected chi connectivity index (χ0v) is 7.15. The summed E-state index contributed by atoms with van der Waals surface area (Å²) in [5.41, 5.74) is 0. The second kappa shape index (κ2) is 3.73. The highest BCUT2D eigenvalue weighted by Crippen LogP contribution is 2.16. The van der Waals surface area contributed by atoms with Crippen molar-refractivity contribution >= 4 is 12.6 Å². The summed E-state index contributed by atoms with van der Waals surface area (Å²) in [7, 11) is 0. The van der Waals surface area contributed by atoms with E-state index in [4.69, 9.17) is 0 Å². The molecule has 0 bridgehead atoms. The molecule has 0 amide bonds. The van der Waals surface area contributed by atoms with Gasteiger partial charge in [0.25, 0.3) is 0 Å². The molecular formula is C6H11N3OS. The number of aromatic nitrogens is 3. The van der Waals surface area contributed by atoms with Crippen molar-refractivity contribution in [3.63, 3.8) is 0 Å². The topological polar surface area (TPSA) is 50.9 Å². The van der Waals surface area contributed by atoms with E-state index in [1.54, 1.807) is 0 Å². The van der Waals surface area contributed by atoms with Crippen LogP contribution in [0.25, 0.3) is 0 Å². The SMILES string of the molecule is CCC(O)C(S)n1cncn1. The van der Waals surface area contributed by atoms with Crippen LogP contribution in [-0.4, -0.2) is 26.0 Å². The summed E-state index contributed by atoms with van der Waals surface area (Å²) in [6, 6.07) is 0. The molecule has 2 unspecified atom stereocenters. The van der Waals surface area contributed by atoms with Crippen LogP contribution in [0.15, 0.2) is 12.7 Å². The van der Waals surface area contributed by atoms with Crippen molar-refractivity contribution in [1.29, 1.82) is 0 Å². The molecule has 0 saturated carbocycles. The van der Waals surface area contributed by atoms with Gasteiger partial charge in [-0.15, -0.1) is 12.6 Å². The monoisotopic (exact) mass is 173 g/mol. The third-order valence-electron chi connectivity index (χ3n) is 1.47. The first kappa shape index (κ1) is 8.55. The molecule has 4 nitrogen and oxygen atoms in total. The summed E-state index contributed by atoms with van der Waals surface area (Å²) in [6.45, 7) is 1.89. The second-order valence-corrected chi connectivity index (χ2v) is 2.79. The van der Waals surface area contributed by atoms with E-state index in [-0.39, 0.29) is 5.37 Å². The van der Waals surface area contributed by atoms with E-state index in [1.807, 2.05) is 6.92 Å². The first-order valence-corrected chi connectivity index (χ1v) is 3.97. The minimum Gasteiger partial charge on any atom is -0.390 e. The number of hydrogen-bond acceptors (Lipinski definition) is 4. The molecule has 0 aromatic carbocycles. The van der Waals surface area contributed by atoms with Crippen molar-refractivity contribution in [1.82, 2.24) is 14.8 Å². The molecule has 1 N–H and O–H groups in total. The number of aliphatic hydroxyl groups excluding tert-OH is 1. The lowest BCUT2D eigenvalue weighted by molar-refractivity contribution is 0.141. The zero-order valence-electron chi connectivity index (χ0n) is 6.25. The van der Waals surface area contributed by atoms with E-state index >= 15 is 0 Å². The lowest BCUT2D eigenvalue weighted by atomic mass is 10.3. The molecule has 0 aliphatic heterocycles. The summed E-state index contributed by atoms with van der Waals surface area (Å²) < 4.78 is 1.53. The fourth-order valence-corrected chi connectivity index (χ4v) is 1.07. The van der Waals surface area contributed by atoms with E-state index in [0.29, 0.717) is 6.42 Å². The van der Waals surface area contributed by atoms with Crippen LogP contribution < -0.4 is 0 Å². The number of rotatable bonds is 3. The van der Waals surface area contributed by atoms with Crippen LogP contribution in [0.4, 0.5) is 0 Å². The predicted molar refractivity (Wildman–Crippen MR) is 44.3 cm³/mol. The Bertz CT molecular complexity index is 202. The Morgan fingerprint density at radius 3 is 2.91 bits per heavy atom. The number of nitrogens with zero attached hydrogens (tertiary/aromatic N) is 3. The number of hydrogen-bond donors (Lipinski definition) is 2. The molecule has 11 heavy (non-hydrogen) atoms. The molecule has 0 aliphatic rings. The fourth-order valence-electron chi connectivity index (χ4n) is 0.741. The van der Waals surface area contributed by atoms with Gasteiger partial charge in [-0.3, -0.25) is 0 Å². The van der Waals surface area contributed by atoms with Crippen LogP contribution >= 0.6 is 12.6 Å². The van der Waals surface area contributed by atoms with Gasteiger partial charge in [0.05, 0.1) is 6.10 Å². The van der Waals surface area contributed by atoms with Crippen LogP contribution in [0.5, 0.6) is 0 Å². The lowest BCUT2D eigenvalue weighted by Crippen LogP contribution is -2.19. The maximum atomic E-state index is 9.33. The quantitative estimate of drug-likeness (QED) is 0.654. The second-order valence-electron chi connectivity index (χ2n) is 2.26. The first-order valence-electron chi connectivity index (χ1n) is 3.46. The van der Waals surface area contributed by atoms with Crippen molar-refractivity contribution in [2.45, 2.75) is 24.8 Å². The van der Waals surface area contributed by atoms with Crippen molar-refractivity contribution in [3.05, 3.63) is 12.7 Å². The Balaban J connectivity index is 2.62. The number of aliphatic hydroxyl groups is 1. The maximum Gasteiger partial charge on any atom is 0.137 e. The molecule has 0 radical (unpaired) electrons. The minimum atomic E-state index is -0.472. The van der Waals surface area contributed by atoms with E-state index in [9.17, 15) is 5.11 Å². The number of thiol groups is 1. The molecule has 1 heterocycles. The molecule has 1 aromatic heterocycles. The van der Waals surface area contributed by atoms with Crippen LogP contribution in [0, 0.1) is 0 Å². The van der Waals surface area contributed by atoms with Gasteiger partial charge in [-0.05, 0) is 6.42 Å². The summed E-state index contributed by atoms with van der Waals surface area (Å²) in [5.74, 6) is 0. The summed E-state index contributed by atoms with van der Waals surface area (Å²) >= 11 is 4.17. The van der Waals surface area contributed by atoms with Gasteiger partial charge in [0.15, 0.2) is 0 Å². The highest BCUT2D eigenvalue weighted by Gasteiger charge is 2.14. The minimum absolute atomic E-state index is 0.289. The molecule has 0 saturated heterocycles. The van der Waals surface area contributed by atoms with E-state index in [0.717, 1.165) is 0 Å². The predicted octanol–water partition coefficient (Wildman–Crippen LogP) is 0.477. The Morgan fingerprint density at radius 2 is 2.45 bits per heavy atom. The Hall–Kier alpha value is -0.550. The Kier molecular flexibility index (Phi) is 2.90. The van der Waals surface area contributed by atoms with Gasteiger partial charge in [-0.25, -0.2) is 9.67 Å². The summed E-state index contributed by atoms with van der Waals surface area (Å²) in [5, 5.41) is 12.9. The van der Waals surface area contributed by atoms with Crippen LogP contribution in [0.1, 0.15) is 18.7 Å². The highest BCUT2D eigenvalue weighted by atomic mass is 32.1. The van der Waals surface area contributed by atoms with Gasteiger partial charge in [0, 0.05) is 0 Å². The standard InChI is InChI=1S/C6H11N3OS/c1-2-5(10)6(11)9-4-7-3-8-9/h3-6,10-11H,2H2,1H3. The van der Waals surface area contributed by atoms with E-state index in [2.05, 4.69) is 22.7 Å². The zero-order chi connectivity index (χ0) is 8.27. The van der Waals surface area contributed by atoms with Gasteiger partial charge in [-0.1, -0.05) is 6.92 Å². The average molecular weight is 173 g/mol. The third-order valence-corrected chi connectivity index (χ3v) is 2.05. The maximum absolute atomic E-state index is 9.33. The van der Waals surface area contributed by atoms with Crippen LogP contribution in [0.2, 0.25) is 0 Å². The molecule has 5 heteroatoms. The van der Waals surface area contributed by atoms with Gasteiger partial charge >= 0.3 is 0 Å². The molecule has 1 aromatic rings. The van der Waals surface area contributed by atoms with E-state index in [1.165, 1.54) is 17.3 Å². The molecule has 2 atom stereocenters. The molecule has 62 valence electrons. The van der Waals surface area contributed by atoms with Crippen molar-refractivity contribution in [2.24, 2.45) is 0 Å². The first-order chi connectivity index (χ1) is 5.25. The van der Waals surface area contributed by atoms with Crippen molar-refractivity contribution in [2.75, 3.05) is 0 Å². The molecule has 0 spiro atoms. The lowest BCUT2D eigenvalue weighted by Gasteiger charge is -2.15. The highest BCUT2D eigenvalue weighted by molar-refractivity contribution is 7.80. The fraction of sp³-hybridized carbons (Fsp3) is 0.667. The molecule has 0 aliphatic carbocycles. The molecule has 0 fully saturated rings. The molecule has 1 rings (SSSR count). The van der Waals surface area contributed by atoms with Gasteiger partial charge in [0.1, 0.15) is 18.0 Å². The summed E-state index contributed by atoms with van der Waals surface area (Å²) in [6.07, 6.45) is 3.15.